The van der Waals surface area contributed by atoms with Gasteiger partial charge in [0.25, 0.3) is 0 Å². The third-order valence-electron chi connectivity index (χ3n) is 1.61. The zero-order valence-corrected chi connectivity index (χ0v) is 8.00. The lowest BCUT2D eigenvalue weighted by molar-refractivity contribution is 0.414. The van der Waals surface area contributed by atoms with Gasteiger partial charge in [-0.15, -0.1) is 0 Å². The van der Waals surface area contributed by atoms with Gasteiger partial charge in [-0.3, -0.25) is 0 Å². The Morgan fingerprint density at radius 3 is 2.92 bits per heavy atom. The van der Waals surface area contributed by atoms with Gasteiger partial charge in [-0.25, -0.2) is 4.98 Å². The summed E-state index contributed by atoms with van der Waals surface area (Å²) >= 11 is 0. The summed E-state index contributed by atoms with van der Waals surface area (Å²) in [5.74, 6) is 1.62. The summed E-state index contributed by atoms with van der Waals surface area (Å²) in [4.78, 5) is 4.27. The molecule has 1 aromatic rings. The number of nitrogens with one attached hydrogen (secondary N) is 1. The number of nitrogens with zero attached hydrogens (tertiary/aromatic N) is 1. The van der Waals surface area contributed by atoms with Crippen molar-refractivity contribution in [2.75, 3.05) is 25.5 Å². The predicted molar refractivity (Wildman–Crippen MR) is 53.1 cm³/mol. The highest BCUT2D eigenvalue weighted by Crippen LogP contribution is 2.16. The van der Waals surface area contributed by atoms with Crippen LogP contribution < -0.4 is 15.8 Å². The van der Waals surface area contributed by atoms with E-state index in [1.807, 2.05) is 19.1 Å². The molecule has 72 valence electrons. The third kappa shape index (κ3) is 2.91. The van der Waals surface area contributed by atoms with Gasteiger partial charge in [0, 0.05) is 30.9 Å². The van der Waals surface area contributed by atoms with Crippen LogP contribution in [0.4, 0.5) is 5.82 Å². The number of aromatic nitrogens is 1. The van der Waals surface area contributed by atoms with Crippen molar-refractivity contribution in [3.8, 4) is 5.75 Å². The lowest BCUT2D eigenvalue weighted by Gasteiger charge is -2.07. The number of nitrogens with two attached hydrogens (primary N) is 1. The first-order valence-corrected chi connectivity index (χ1v) is 4.23. The largest absolute Gasteiger partial charge is 0.497 e. The van der Waals surface area contributed by atoms with Crippen LogP contribution in [0.2, 0.25) is 0 Å². The Morgan fingerprint density at radius 2 is 2.31 bits per heavy atom. The lowest BCUT2D eigenvalue weighted by Crippen LogP contribution is -2.14. The second-order valence-corrected chi connectivity index (χ2v) is 2.75. The maximum absolute atomic E-state index is 5.36. The Labute approximate surface area is 78.1 Å². The minimum Gasteiger partial charge on any atom is -0.497 e. The number of hydrogen-bond acceptors (Lipinski definition) is 4. The van der Waals surface area contributed by atoms with Crippen molar-refractivity contribution >= 4 is 5.82 Å². The van der Waals surface area contributed by atoms with E-state index in [1.54, 1.807) is 7.11 Å². The monoisotopic (exact) mass is 181 g/mol. The van der Waals surface area contributed by atoms with Crippen LogP contribution in [0.1, 0.15) is 5.69 Å². The number of aryl methyl sites for hydroxylation is 1. The summed E-state index contributed by atoms with van der Waals surface area (Å²) in [6, 6.07) is 3.73. The van der Waals surface area contributed by atoms with Gasteiger partial charge in [0.2, 0.25) is 0 Å². The van der Waals surface area contributed by atoms with E-state index >= 15 is 0 Å². The Kier molecular flexibility index (Phi) is 3.52. The quantitative estimate of drug-likeness (QED) is 0.720. The van der Waals surface area contributed by atoms with Gasteiger partial charge in [0.15, 0.2) is 0 Å². The number of methoxy groups -OCH3 is 1. The Hall–Kier alpha value is -1.29. The smallest absolute Gasteiger partial charge is 0.129 e. The van der Waals surface area contributed by atoms with Crippen molar-refractivity contribution in [2.24, 2.45) is 5.73 Å². The zero-order chi connectivity index (χ0) is 9.68. The maximum Gasteiger partial charge on any atom is 0.129 e. The molecule has 0 bridgehead atoms. The fraction of sp³-hybridized carbons (Fsp3) is 0.444. The van der Waals surface area contributed by atoms with Gasteiger partial charge in [0.1, 0.15) is 11.6 Å². The fourth-order valence-corrected chi connectivity index (χ4v) is 1.05. The minimum absolute atomic E-state index is 0.595. The number of pyridine rings is 1. The van der Waals surface area contributed by atoms with E-state index in [-0.39, 0.29) is 0 Å². The summed E-state index contributed by atoms with van der Waals surface area (Å²) in [5, 5.41) is 3.09. The number of hydrogen-bond donors (Lipinski definition) is 2. The van der Waals surface area contributed by atoms with Crippen LogP contribution >= 0.6 is 0 Å². The Bertz CT molecular complexity index is 276. The van der Waals surface area contributed by atoms with Gasteiger partial charge >= 0.3 is 0 Å². The molecular weight excluding hydrogens is 166 g/mol. The SMILES string of the molecule is COc1cc(C)nc(NCCN)c1. The molecule has 0 aromatic carbocycles. The molecule has 0 aliphatic carbocycles. The highest BCUT2D eigenvalue weighted by molar-refractivity contribution is 5.42. The predicted octanol–water partition coefficient (Wildman–Crippen LogP) is 0.769. The summed E-state index contributed by atoms with van der Waals surface area (Å²) < 4.78 is 5.10. The van der Waals surface area contributed by atoms with E-state index < -0.39 is 0 Å². The number of anilines is 1. The molecule has 1 rings (SSSR count). The zero-order valence-electron chi connectivity index (χ0n) is 8.00. The third-order valence-corrected chi connectivity index (χ3v) is 1.61. The highest BCUT2D eigenvalue weighted by Gasteiger charge is 1.98. The molecule has 13 heavy (non-hydrogen) atoms. The molecule has 0 atom stereocenters. The van der Waals surface area contributed by atoms with E-state index in [9.17, 15) is 0 Å². The summed E-state index contributed by atoms with van der Waals surface area (Å²) in [6.45, 7) is 3.24. The molecule has 0 saturated heterocycles. The fourth-order valence-electron chi connectivity index (χ4n) is 1.05. The van der Waals surface area contributed by atoms with Crippen LogP contribution in [0.15, 0.2) is 12.1 Å². The maximum atomic E-state index is 5.36. The van der Waals surface area contributed by atoms with Gasteiger partial charge in [-0.05, 0) is 6.92 Å². The molecule has 3 N–H and O–H groups in total. The molecule has 0 aliphatic heterocycles. The van der Waals surface area contributed by atoms with Crippen LogP contribution in [0.5, 0.6) is 5.75 Å². The summed E-state index contributed by atoms with van der Waals surface area (Å²) in [6.07, 6.45) is 0. The standard InChI is InChI=1S/C9H15N3O/c1-7-5-8(13-2)6-9(12-7)11-4-3-10/h5-6H,3-4,10H2,1-2H3,(H,11,12). The molecule has 0 unspecified atom stereocenters. The average Bonchev–Trinajstić information content (AvgIpc) is 2.14. The molecular formula is C9H15N3O. The molecule has 4 nitrogen and oxygen atoms in total. The first-order valence-electron chi connectivity index (χ1n) is 4.23. The first-order chi connectivity index (χ1) is 6.26. The Morgan fingerprint density at radius 1 is 1.54 bits per heavy atom. The van der Waals surface area contributed by atoms with Crippen molar-refractivity contribution in [1.29, 1.82) is 0 Å². The molecule has 1 heterocycles. The lowest BCUT2D eigenvalue weighted by atomic mass is 10.3. The second kappa shape index (κ2) is 4.67. The number of rotatable bonds is 4. The van der Waals surface area contributed by atoms with Crippen LogP contribution in [-0.2, 0) is 0 Å². The van der Waals surface area contributed by atoms with Crippen LogP contribution in [0.25, 0.3) is 0 Å². The van der Waals surface area contributed by atoms with Crippen molar-refractivity contribution in [1.82, 2.24) is 4.98 Å². The normalized spacial score (nSPS) is 9.77. The van der Waals surface area contributed by atoms with E-state index in [0.717, 1.165) is 23.8 Å². The van der Waals surface area contributed by atoms with E-state index in [2.05, 4.69) is 10.3 Å². The van der Waals surface area contributed by atoms with Crippen molar-refractivity contribution < 1.29 is 4.74 Å². The topological polar surface area (TPSA) is 60.2 Å². The molecule has 4 heteroatoms. The molecule has 0 fully saturated rings. The van der Waals surface area contributed by atoms with Gasteiger partial charge in [-0.2, -0.15) is 0 Å². The Balaban J connectivity index is 2.76. The molecule has 0 aliphatic rings. The summed E-state index contributed by atoms with van der Waals surface area (Å²) in [7, 11) is 1.64. The van der Waals surface area contributed by atoms with Crippen LogP contribution in [0.3, 0.4) is 0 Å². The average molecular weight is 181 g/mol. The molecule has 0 radical (unpaired) electrons. The van der Waals surface area contributed by atoms with Crippen LogP contribution in [0, 0.1) is 6.92 Å². The molecule has 0 spiro atoms. The van der Waals surface area contributed by atoms with Crippen molar-refractivity contribution in [3.63, 3.8) is 0 Å². The van der Waals surface area contributed by atoms with Crippen LogP contribution in [-0.4, -0.2) is 25.2 Å². The minimum atomic E-state index is 0.595. The second-order valence-electron chi connectivity index (χ2n) is 2.75. The first kappa shape index (κ1) is 9.80. The van der Waals surface area contributed by atoms with Gasteiger partial charge in [-0.1, -0.05) is 0 Å². The van der Waals surface area contributed by atoms with Gasteiger partial charge in [0.05, 0.1) is 7.11 Å². The van der Waals surface area contributed by atoms with E-state index in [1.165, 1.54) is 0 Å². The van der Waals surface area contributed by atoms with E-state index in [0.29, 0.717) is 6.54 Å². The highest BCUT2D eigenvalue weighted by atomic mass is 16.5. The van der Waals surface area contributed by atoms with Crippen molar-refractivity contribution in [3.05, 3.63) is 17.8 Å². The molecule has 1 aromatic heterocycles. The van der Waals surface area contributed by atoms with E-state index in [4.69, 9.17) is 10.5 Å². The van der Waals surface area contributed by atoms with Gasteiger partial charge < -0.3 is 15.8 Å². The summed E-state index contributed by atoms with van der Waals surface area (Å²) in [5.41, 5.74) is 6.29. The molecule has 0 amide bonds. The van der Waals surface area contributed by atoms with Crippen molar-refractivity contribution in [2.45, 2.75) is 6.92 Å². The molecule has 0 saturated carbocycles. The number of ether oxygens (including phenoxy) is 1.